The van der Waals surface area contributed by atoms with Gasteiger partial charge in [-0.15, -0.1) is 0 Å². The Kier molecular flexibility index (Phi) is 49.3. The first-order chi connectivity index (χ1) is 30.0. The van der Waals surface area contributed by atoms with Crippen molar-refractivity contribution in [1.29, 1.82) is 0 Å². The largest absolute Gasteiger partial charge is 0.462 e. The Balaban J connectivity index is 3.86. The summed E-state index contributed by atoms with van der Waals surface area (Å²) in [6, 6.07) is 0. The maximum Gasteiger partial charge on any atom is 0.306 e. The van der Waals surface area contributed by atoms with Crippen molar-refractivity contribution in [3.05, 3.63) is 12.2 Å². The van der Waals surface area contributed by atoms with Crippen LogP contribution in [-0.4, -0.2) is 37.2 Å². The van der Waals surface area contributed by atoms with E-state index in [1.807, 2.05) is 0 Å². The van der Waals surface area contributed by atoms with Crippen molar-refractivity contribution in [3.63, 3.8) is 0 Å². The second-order valence-electron chi connectivity index (χ2n) is 18.5. The van der Waals surface area contributed by atoms with Gasteiger partial charge in [-0.2, -0.15) is 0 Å². The highest BCUT2D eigenvalue weighted by Gasteiger charge is 2.19. The third-order valence-electron chi connectivity index (χ3n) is 12.3. The summed E-state index contributed by atoms with van der Waals surface area (Å²) in [5, 5.41) is 0. The van der Waals surface area contributed by atoms with Crippen molar-refractivity contribution < 1.29 is 28.6 Å². The third kappa shape index (κ3) is 49.0. The van der Waals surface area contributed by atoms with Crippen molar-refractivity contribution in [2.45, 2.75) is 309 Å². The molecule has 0 amide bonds. The minimum atomic E-state index is -0.759. The second-order valence-corrected chi connectivity index (χ2v) is 18.5. The minimum Gasteiger partial charge on any atom is -0.462 e. The molecule has 0 aromatic heterocycles. The lowest BCUT2D eigenvalue weighted by molar-refractivity contribution is -0.167. The molecule has 0 spiro atoms. The molecular weight excluding hydrogens is 757 g/mol. The molecule has 0 aromatic rings. The van der Waals surface area contributed by atoms with Gasteiger partial charge in [0.05, 0.1) is 0 Å². The van der Waals surface area contributed by atoms with Gasteiger partial charge in [0.1, 0.15) is 13.2 Å². The summed E-state index contributed by atoms with van der Waals surface area (Å²) in [6.07, 6.45) is 57.0. The minimum absolute atomic E-state index is 0.0654. The van der Waals surface area contributed by atoms with Crippen LogP contribution in [0.25, 0.3) is 0 Å². The molecule has 0 aliphatic rings. The van der Waals surface area contributed by atoms with Crippen LogP contribution >= 0.6 is 0 Å². The Hall–Kier alpha value is -1.85. The van der Waals surface area contributed by atoms with E-state index in [1.54, 1.807) is 0 Å². The predicted molar refractivity (Wildman–Crippen MR) is 261 cm³/mol. The highest BCUT2D eigenvalue weighted by molar-refractivity contribution is 5.71. The molecule has 1 unspecified atom stereocenters. The number of hydrogen-bond donors (Lipinski definition) is 0. The van der Waals surface area contributed by atoms with E-state index in [0.29, 0.717) is 19.3 Å². The molecule has 6 nitrogen and oxygen atoms in total. The molecule has 0 bridgehead atoms. The van der Waals surface area contributed by atoms with Crippen LogP contribution in [0.3, 0.4) is 0 Å². The van der Waals surface area contributed by atoms with E-state index in [2.05, 4.69) is 32.9 Å². The summed E-state index contributed by atoms with van der Waals surface area (Å²) in [5.41, 5.74) is 0. The maximum absolute atomic E-state index is 12.6. The Morgan fingerprint density at radius 2 is 0.541 bits per heavy atom. The molecule has 0 saturated heterocycles. The van der Waals surface area contributed by atoms with E-state index in [9.17, 15) is 14.4 Å². The lowest BCUT2D eigenvalue weighted by Gasteiger charge is -2.18. The van der Waals surface area contributed by atoms with E-state index in [0.717, 1.165) is 57.8 Å². The van der Waals surface area contributed by atoms with Gasteiger partial charge < -0.3 is 14.2 Å². The number of allylic oxidation sites excluding steroid dienone is 2. The van der Waals surface area contributed by atoms with E-state index in [-0.39, 0.29) is 31.1 Å². The summed E-state index contributed by atoms with van der Waals surface area (Å²) in [5.74, 6) is -0.867. The van der Waals surface area contributed by atoms with Crippen LogP contribution in [0.2, 0.25) is 0 Å². The Morgan fingerprint density at radius 3 is 0.820 bits per heavy atom. The molecule has 0 rings (SSSR count). The van der Waals surface area contributed by atoms with Gasteiger partial charge in [-0.05, 0) is 44.9 Å². The fourth-order valence-electron chi connectivity index (χ4n) is 8.14. The quantitative estimate of drug-likeness (QED) is 0.0262. The molecule has 0 aliphatic heterocycles. The molecule has 0 heterocycles. The molecule has 1 atom stereocenters. The fraction of sp³-hybridized carbons (Fsp3) is 0.909. The Labute approximate surface area is 380 Å². The first-order valence-electron chi connectivity index (χ1n) is 27.2. The first kappa shape index (κ1) is 59.1. The topological polar surface area (TPSA) is 78.9 Å². The van der Waals surface area contributed by atoms with E-state index >= 15 is 0 Å². The summed E-state index contributed by atoms with van der Waals surface area (Å²) < 4.78 is 16.6. The van der Waals surface area contributed by atoms with Crippen molar-refractivity contribution in [1.82, 2.24) is 0 Å². The van der Waals surface area contributed by atoms with E-state index in [4.69, 9.17) is 14.2 Å². The second kappa shape index (κ2) is 50.8. The van der Waals surface area contributed by atoms with Gasteiger partial charge in [0.15, 0.2) is 6.10 Å². The molecule has 0 aliphatic carbocycles. The number of carbonyl (C=O) groups is 3. The Morgan fingerprint density at radius 1 is 0.311 bits per heavy atom. The van der Waals surface area contributed by atoms with Gasteiger partial charge in [0.25, 0.3) is 0 Å². The van der Waals surface area contributed by atoms with E-state index in [1.165, 1.54) is 205 Å². The molecule has 6 heteroatoms. The van der Waals surface area contributed by atoms with Gasteiger partial charge in [-0.25, -0.2) is 0 Å². The van der Waals surface area contributed by atoms with Crippen LogP contribution in [0.1, 0.15) is 303 Å². The Bertz CT molecular complexity index is 947. The van der Waals surface area contributed by atoms with Gasteiger partial charge in [0.2, 0.25) is 0 Å². The summed E-state index contributed by atoms with van der Waals surface area (Å²) >= 11 is 0. The summed E-state index contributed by atoms with van der Waals surface area (Å²) in [6.45, 7) is 6.58. The normalized spacial score (nSPS) is 12.0. The molecule has 0 aromatic carbocycles. The summed E-state index contributed by atoms with van der Waals surface area (Å²) in [4.78, 5) is 37.5. The lowest BCUT2D eigenvalue weighted by atomic mass is 10.0. The van der Waals surface area contributed by atoms with Crippen molar-refractivity contribution in [2.75, 3.05) is 13.2 Å². The van der Waals surface area contributed by atoms with Gasteiger partial charge in [0, 0.05) is 19.3 Å². The molecule has 0 saturated carbocycles. The SMILES string of the molecule is CCCCCCCCCC/C=C\CCCCCCCCCCCCCCCCCCCC(=O)OCC(COC(=O)CCCCCCCC)OC(=O)CCCCCCCCCC. The number of carbonyl (C=O) groups excluding carboxylic acids is 3. The van der Waals surface area contributed by atoms with Crippen molar-refractivity contribution >= 4 is 17.9 Å². The van der Waals surface area contributed by atoms with Crippen LogP contribution in [0.4, 0.5) is 0 Å². The van der Waals surface area contributed by atoms with Gasteiger partial charge in [-0.1, -0.05) is 251 Å². The number of hydrogen-bond acceptors (Lipinski definition) is 6. The van der Waals surface area contributed by atoms with Gasteiger partial charge in [-0.3, -0.25) is 14.4 Å². The highest BCUT2D eigenvalue weighted by Crippen LogP contribution is 2.17. The third-order valence-corrected chi connectivity index (χ3v) is 12.3. The average molecular weight is 861 g/mol. The number of unbranched alkanes of at least 4 members (excludes halogenated alkanes) is 37. The molecule has 0 fully saturated rings. The maximum atomic E-state index is 12.6. The van der Waals surface area contributed by atoms with Crippen molar-refractivity contribution in [2.24, 2.45) is 0 Å². The van der Waals surface area contributed by atoms with Crippen LogP contribution in [0.15, 0.2) is 12.2 Å². The standard InChI is InChI=1S/C55H104O6/c1-4-7-10-13-16-18-19-20-21-22-23-24-25-26-27-28-29-30-31-32-33-34-35-36-37-38-40-42-45-48-54(57)60-51-52(50-59-53(56)47-44-41-15-12-9-6-3)61-55(58)49-46-43-39-17-14-11-8-5-2/h22-23,52H,4-21,24-51H2,1-3H3/b23-22-. The zero-order chi connectivity index (χ0) is 44.4. The van der Waals surface area contributed by atoms with Crippen LogP contribution in [0, 0.1) is 0 Å². The zero-order valence-electron chi connectivity index (χ0n) is 41.2. The molecular formula is C55H104O6. The van der Waals surface area contributed by atoms with Gasteiger partial charge >= 0.3 is 17.9 Å². The van der Waals surface area contributed by atoms with Crippen molar-refractivity contribution in [3.8, 4) is 0 Å². The fourth-order valence-corrected chi connectivity index (χ4v) is 8.14. The molecule has 0 radical (unpaired) electrons. The monoisotopic (exact) mass is 861 g/mol. The molecule has 0 N–H and O–H groups in total. The summed E-state index contributed by atoms with van der Waals surface area (Å²) in [7, 11) is 0. The smallest absolute Gasteiger partial charge is 0.306 e. The number of rotatable bonds is 50. The first-order valence-corrected chi connectivity index (χ1v) is 27.2. The van der Waals surface area contributed by atoms with Crippen LogP contribution in [-0.2, 0) is 28.6 Å². The van der Waals surface area contributed by atoms with Crippen LogP contribution in [0.5, 0.6) is 0 Å². The number of ether oxygens (including phenoxy) is 3. The molecule has 360 valence electrons. The van der Waals surface area contributed by atoms with Crippen LogP contribution < -0.4 is 0 Å². The highest BCUT2D eigenvalue weighted by atomic mass is 16.6. The zero-order valence-corrected chi connectivity index (χ0v) is 41.2. The lowest BCUT2D eigenvalue weighted by Crippen LogP contribution is -2.30. The van der Waals surface area contributed by atoms with E-state index < -0.39 is 6.10 Å². The average Bonchev–Trinajstić information content (AvgIpc) is 3.26. The predicted octanol–water partition coefficient (Wildman–Crippen LogP) is 17.8. The molecule has 61 heavy (non-hydrogen) atoms. The number of esters is 3.